The molecule has 1 amide bonds. The lowest BCUT2D eigenvalue weighted by atomic mass is 9.85. The molecule has 0 saturated heterocycles. The molecule has 0 unspecified atom stereocenters. The topological polar surface area (TPSA) is 49.3 Å². The Hall–Kier alpha value is -1.06. The summed E-state index contributed by atoms with van der Waals surface area (Å²) < 4.78 is 0. The van der Waals surface area contributed by atoms with Gasteiger partial charge in [-0.05, 0) is 30.5 Å². The predicted molar refractivity (Wildman–Crippen MR) is 66.8 cm³/mol. The Bertz CT molecular complexity index is 404. The van der Waals surface area contributed by atoms with Gasteiger partial charge in [0.05, 0.1) is 6.10 Å². The third kappa shape index (κ3) is 3.20. The molecule has 1 aliphatic carbocycles. The van der Waals surface area contributed by atoms with Crippen molar-refractivity contribution in [3.63, 3.8) is 0 Å². The molecule has 17 heavy (non-hydrogen) atoms. The predicted octanol–water partition coefficient (Wildman–Crippen LogP) is 2.29. The lowest BCUT2D eigenvalue weighted by Gasteiger charge is -2.24. The fraction of sp³-hybridized carbons (Fsp3) is 0.462. The van der Waals surface area contributed by atoms with Crippen molar-refractivity contribution in [2.75, 3.05) is 6.54 Å². The van der Waals surface area contributed by atoms with Crippen molar-refractivity contribution in [2.24, 2.45) is 5.92 Å². The van der Waals surface area contributed by atoms with Crippen LogP contribution in [0.1, 0.15) is 30.9 Å². The van der Waals surface area contributed by atoms with Gasteiger partial charge >= 0.3 is 0 Å². The van der Waals surface area contributed by atoms with Crippen LogP contribution in [0.2, 0.25) is 5.02 Å². The van der Waals surface area contributed by atoms with E-state index in [0.717, 1.165) is 24.8 Å². The molecule has 1 aromatic rings. The number of aliphatic hydroxyl groups excluding tert-OH is 1. The normalized spacial score (nSPS) is 17.3. The fourth-order valence-corrected chi connectivity index (χ4v) is 2.04. The molecule has 0 aromatic heterocycles. The van der Waals surface area contributed by atoms with E-state index in [1.54, 1.807) is 24.3 Å². The number of benzene rings is 1. The van der Waals surface area contributed by atoms with Crippen LogP contribution in [0.4, 0.5) is 0 Å². The minimum absolute atomic E-state index is 0.0531. The molecule has 1 fully saturated rings. The maximum absolute atomic E-state index is 11.6. The van der Waals surface area contributed by atoms with E-state index in [0.29, 0.717) is 5.02 Å². The maximum Gasteiger partial charge on any atom is 0.223 e. The standard InChI is InChI=1S/C13H16ClNO2/c14-11-6-2-5-10(7-11)12(16)8-15-13(17)9-3-1-4-9/h2,5-7,9,12,16H,1,3-4,8H2,(H,15,17)/t12-/m0/s1. The van der Waals surface area contributed by atoms with E-state index in [1.165, 1.54) is 0 Å². The zero-order valence-electron chi connectivity index (χ0n) is 9.53. The Kier molecular flexibility index (Phi) is 4.02. The van der Waals surface area contributed by atoms with Gasteiger partial charge in [-0.1, -0.05) is 30.2 Å². The lowest BCUT2D eigenvalue weighted by molar-refractivity contribution is -0.127. The highest BCUT2D eigenvalue weighted by Gasteiger charge is 2.25. The maximum atomic E-state index is 11.6. The molecule has 4 heteroatoms. The summed E-state index contributed by atoms with van der Waals surface area (Å²) in [4.78, 5) is 11.6. The van der Waals surface area contributed by atoms with Crippen LogP contribution in [0.25, 0.3) is 0 Å². The molecule has 0 bridgehead atoms. The first-order valence-corrected chi connectivity index (χ1v) is 6.26. The summed E-state index contributed by atoms with van der Waals surface area (Å²) in [5.41, 5.74) is 0.728. The van der Waals surface area contributed by atoms with Gasteiger partial charge < -0.3 is 10.4 Å². The molecule has 92 valence electrons. The highest BCUT2D eigenvalue weighted by Crippen LogP contribution is 2.26. The smallest absolute Gasteiger partial charge is 0.223 e. The average molecular weight is 254 g/mol. The molecule has 0 aliphatic heterocycles. The SMILES string of the molecule is O=C(NC[C@H](O)c1cccc(Cl)c1)C1CCC1. The lowest BCUT2D eigenvalue weighted by Crippen LogP contribution is -2.36. The Balaban J connectivity index is 1.84. The highest BCUT2D eigenvalue weighted by molar-refractivity contribution is 6.30. The Morgan fingerprint density at radius 3 is 2.88 bits per heavy atom. The first kappa shape index (κ1) is 12.4. The van der Waals surface area contributed by atoms with Crippen LogP contribution >= 0.6 is 11.6 Å². The number of rotatable bonds is 4. The zero-order chi connectivity index (χ0) is 12.3. The van der Waals surface area contributed by atoms with Crippen LogP contribution in [0, 0.1) is 5.92 Å². The van der Waals surface area contributed by atoms with E-state index < -0.39 is 6.10 Å². The third-order valence-corrected chi connectivity index (χ3v) is 3.41. The van der Waals surface area contributed by atoms with Gasteiger partial charge in [-0.2, -0.15) is 0 Å². The molecule has 0 spiro atoms. The number of hydrogen-bond acceptors (Lipinski definition) is 2. The first-order valence-electron chi connectivity index (χ1n) is 5.88. The number of carbonyl (C=O) groups excluding carboxylic acids is 1. The third-order valence-electron chi connectivity index (χ3n) is 3.18. The quantitative estimate of drug-likeness (QED) is 0.865. The van der Waals surface area contributed by atoms with Crippen LogP contribution < -0.4 is 5.32 Å². The molecule has 2 rings (SSSR count). The van der Waals surface area contributed by atoms with Crippen LogP contribution in [-0.4, -0.2) is 17.6 Å². The van der Waals surface area contributed by atoms with Crippen LogP contribution in [0.3, 0.4) is 0 Å². The zero-order valence-corrected chi connectivity index (χ0v) is 10.3. The van der Waals surface area contributed by atoms with Crippen molar-refractivity contribution in [3.8, 4) is 0 Å². The minimum Gasteiger partial charge on any atom is -0.387 e. The van der Waals surface area contributed by atoms with Gasteiger partial charge in [0, 0.05) is 17.5 Å². The minimum atomic E-state index is -0.697. The summed E-state index contributed by atoms with van der Waals surface area (Å²) in [6, 6.07) is 7.05. The molecule has 1 saturated carbocycles. The van der Waals surface area contributed by atoms with E-state index in [-0.39, 0.29) is 18.4 Å². The van der Waals surface area contributed by atoms with Crippen molar-refractivity contribution >= 4 is 17.5 Å². The summed E-state index contributed by atoms with van der Waals surface area (Å²) in [7, 11) is 0. The number of aliphatic hydroxyl groups is 1. The average Bonchev–Trinajstić information content (AvgIpc) is 2.23. The number of amides is 1. The Morgan fingerprint density at radius 2 is 2.29 bits per heavy atom. The molecule has 1 aromatic carbocycles. The number of nitrogens with one attached hydrogen (secondary N) is 1. The van der Waals surface area contributed by atoms with Crippen LogP contribution in [0.15, 0.2) is 24.3 Å². The number of carbonyl (C=O) groups is 1. The van der Waals surface area contributed by atoms with Crippen molar-refractivity contribution in [3.05, 3.63) is 34.9 Å². The Labute approximate surface area is 106 Å². The second-order valence-electron chi connectivity index (χ2n) is 4.44. The first-order chi connectivity index (χ1) is 8.16. The molecular formula is C13H16ClNO2. The van der Waals surface area contributed by atoms with E-state index in [2.05, 4.69) is 5.32 Å². The number of hydrogen-bond donors (Lipinski definition) is 2. The molecular weight excluding hydrogens is 238 g/mol. The van der Waals surface area contributed by atoms with Crippen molar-refractivity contribution in [2.45, 2.75) is 25.4 Å². The molecule has 1 aliphatic rings. The summed E-state index contributed by atoms with van der Waals surface area (Å²) >= 11 is 5.84. The van der Waals surface area contributed by atoms with Gasteiger partial charge in [-0.3, -0.25) is 4.79 Å². The van der Waals surface area contributed by atoms with E-state index in [1.807, 2.05) is 0 Å². The van der Waals surface area contributed by atoms with Gasteiger partial charge in [0.2, 0.25) is 5.91 Å². The summed E-state index contributed by atoms with van der Waals surface area (Å²) in [6.07, 6.45) is 2.38. The second-order valence-corrected chi connectivity index (χ2v) is 4.88. The van der Waals surface area contributed by atoms with Gasteiger partial charge in [0.15, 0.2) is 0 Å². The van der Waals surface area contributed by atoms with Gasteiger partial charge in [-0.25, -0.2) is 0 Å². The van der Waals surface area contributed by atoms with E-state index >= 15 is 0 Å². The summed E-state index contributed by atoms with van der Waals surface area (Å²) in [5.74, 6) is 0.207. The molecule has 2 N–H and O–H groups in total. The highest BCUT2D eigenvalue weighted by atomic mass is 35.5. The molecule has 3 nitrogen and oxygen atoms in total. The molecule has 0 radical (unpaired) electrons. The van der Waals surface area contributed by atoms with Gasteiger partial charge in [-0.15, -0.1) is 0 Å². The van der Waals surface area contributed by atoms with E-state index in [4.69, 9.17) is 11.6 Å². The van der Waals surface area contributed by atoms with Crippen molar-refractivity contribution < 1.29 is 9.90 Å². The van der Waals surface area contributed by atoms with E-state index in [9.17, 15) is 9.90 Å². The molecule has 0 heterocycles. The van der Waals surface area contributed by atoms with Crippen molar-refractivity contribution in [1.29, 1.82) is 0 Å². The Morgan fingerprint density at radius 1 is 1.53 bits per heavy atom. The van der Waals surface area contributed by atoms with Crippen molar-refractivity contribution in [1.82, 2.24) is 5.32 Å². The molecule has 1 atom stereocenters. The second kappa shape index (κ2) is 5.52. The van der Waals surface area contributed by atoms with Crippen LogP contribution in [0.5, 0.6) is 0 Å². The monoisotopic (exact) mass is 253 g/mol. The van der Waals surface area contributed by atoms with Crippen LogP contribution in [-0.2, 0) is 4.79 Å². The number of halogens is 1. The van der Waals surface area contributed by atoms with Gasteiger partial charge in [0.25, 0.3) is 0 Å². The summed E-state index contributed by atoms with van der Waals surface area (Å²) in [6.45, 7) is 0.246. The summed E-state index contributed by atoms with van der Waals surface area (Å²) in [5, 5.41) is 13.3. The largest absolute Gasteiger partial charge is 0.387 e. The fourth-order valence-electron chi connectivity index (χ4n) is 1.84. The van der Waals surface area contributed by atoms with Gasteiger partial charge in [0.1, 0.15) is 0 Å².